The second kappa shape index (κ2) is 6.05. The highest BCUT2D eigenvalue weighted by Crippen LogP contribution is 2.28. The molecule has 2 aromatic rings. The number of aromatic nitrogens is 1. The van der Waals surface area contributed by atoms with Gasteiger partial charge in [-0.25, -0.2) is 0 Å². The molecular weight excluding hydrogens is 232 g/mol. The second-order valence-corrected chi connectivity index (χ2v) is 5.51. The highest BCUT2D eigenvalue weighted by molar-refractivity contribution is 5.91. The molecule has 1 aromatic heterocycles. The Morgan fingerprint density at radius 3 is 2.32 bits per heavy atom. The fourth-order valence-electron chi connectivity index (χ4n) is 2.02. The molecule has 0 radical (unpaired) electrons. The maximum absolute atomic E-state index is 6.03. The Balaban J connectivity index is 0.000000861. The molecule has 1 heterocycles. The lowest BCUT2D eigenvalue weighted by atomic mass is 9.89. The predicted octanol–water partition coefficient (Wildman–Crippen LogP) is 4.70. The van der Waals surface area contributed by atoms with Crippen LogP contribution in [0.5, 0.6) is 0 Å². The summed E-state index contributed by atoms with van der Waals surface area (Å²) in [6, 6.07) is 8.22. The van der Waals surface area contributed by atoms with Crippen LogP contribution < -0.4 is 5.73 Å². The SMILES string of the molecule is CC.CCc1cc(C(C)(C)C)nc2c(N)cccc12. The highest BCUT2D eigenvalue weighted by Gasteiger charge is 2.18. The molecule has 0 saturated heterocycles. The van der Waals surface area contributed by atoms with Crippen molar-refractivity contribution in [3.8, 4) is 0 Å². The summed E-state index contributed by atoms with van der Waals surface area (Å²) in [4.78, 5) is 4.73. The maximum Gasteiger partial charge on any atom is 0.0937 e. The Morgan fingerprint density at radius 1 is 1.16 bits per heavy atom. The molecule has 0 spiro atoms. The van der Waals surface area contributed by atoms with Crippen LogP contribution >= 0.6 is 0 Å². The van der Waals surface area contributed by atoms with Crippen molar-refractivity contribution in [2.24, 2.45) is 0 Å². The molecule has 0 fully saturated rings. The highest BCUT2D eigenvalue weighted by atomic mass is 14.8. The Bertz CT molecular complexity index is 551. The summed E-state index contributed by atoms with van der Waals surface area (Å²) in [6.45, 7) is 12.7. The van der Waals surface area contributed by atoms with E-state index < -0.39 is 0 Å². The first-order valence-corrected chi connectivity index (χ1v) is 7.12. The van der Waals surface area contributed by atoms with Crippen LogP contribution in [-0.4, -0.2) is 4.98 Å². The first-order chi connectivity index (χ1) is 8.93. The van der Waals surface area contributed by atoms with E-state index in [0.29, 0.717) is 0 Å². The zero-order chi connectivity index (χ0) is 14.6. The first kappa shape index (κ1) is 15.5. The molecule has 1 aromatic carbocycles. The lowest BCUT2D eigenvalue weighted by Crippen LogP contribution is -2.14. The molecule has 19 heavy (non-hydrogen) atoms. The molecule has 0 aliphatic rings. The molecule has 2 rings (SSSR count). The largest absolute Gasteiger partial charge is 0.397 e. The van der Waals surface area contributed by atoms with E-state index in [-0.39, 0.29) is 5.41 Å². The van der Waals surface area contributed by atoms with Gasteiger partial charge in [0.05, 0.1) is 11.2 Å². The summed E-state index contributed by atoms with van der Waals surface area (Å²) in [7, 11) is 0. The number of nitrogen functional groups attached to an aromatic ring is 1. The van der Waals surface area contributed by atoms with Gasteiger partial charge >= 0.3 is 0 Å². The molecule has 0 unspecified atom stereocenters. The monoisotopic (exact) mass is 258 g/mol. The van der Waals surface area contributed by atoms with Gasteiger partial charge in [0.2, 0.25) is 0 Å². The Kier molecular flexibility index (Phi) is 4.93. The van der Waals surface area contributed by atoms with Gasteiger partial charge in [0, 0.05) is 16.5 Å². The number of aryl methyl sites for hydroxylation is 1. The van der Waals surface area contributed by atoms with Gasteiger partial charge < -0.3 is 5.73 Å². The van der Waals surface area contributed by atoms with E-state index in [1.165, 1.54) is 10.9 Å². The fourth-order valence-corrected chi connectivity index (χ4v) is 2.02. The number of hydrogen-bond acceptors (Lipinski definition) is 2. The third-order valence-electron chi connectivity index (χ3n) is 3.11. The molecule has 2 nitrogen and oxygen atoms in total. The van der Waals surface area contributed by atoms with Crippen LogP contribution in [0.3, 0.4) is 0 Å². The van der Waals surface area contributed by atoms with Crippen molar-refractivity contribution >= 4 is 16.6 Å². The summed E-state index contributed by atoms with van der Waals surface area (Å²) in [5.41, 5.74) is 10.2. The van der Waals surface area contributed by atoms with E-state index in [4.69, 9.17) is 10.7 Å². The van der Waals surface area contributed by atoms with Crippen molar-refractivity contribution in [2.75, 3.05) is 5.73 Å². The van der Waals surface area contributed by atoms with E-state index in [1.807, 2.05) is 26.0 Å². The molecule has 2 N–H and O–H groups in total. The van der Waals surface area contributed by atoms with Gasteiger partial charge in [-0.3, -0.25) is 4.98 Å². The number of rotatable bonds is 1. The van der Waals surface area contributed by atoms with E-state index >= 15 is 0 Å². The number of nitrogens with zero attached hydrogens (tertiary/aromatic N) is 1. The van der Waals surface area contributed by atoms with E-state index in [2.05, 4.69) is 39.8 Å². The number of nitrogens with two attached hydrogens (primary N) is 1. The van der Waals surface area contributed by atoms with Crippen molar-refractivity contribution in [1.82, 2.24) is 4.98 Å². The van der Waals surface area contributed by atoms with Gasteiger partial charge in [-0.2, -0.15) is 0 Å². The van der Waals surface area contributed by atoms with Gasteiger partial charge in [0.15, 0.2) is 0 Å². The second-order valence-electron chi connectivity index (χ2n) is 5.51. The quantitative estimate of drug-likeness (QED) is 0.753. The lowest BCUT2D eigenvalue weighted by Gasteiger charge is -2.20. The van der Waals surface area contributed by atoms with Gasteiger partial charge in [0.1, 0.15) is 0 Å². The predicted molar refractivity (Wildman–Crippen MR) is 85.6 cm³/mol. The third-order valence-corrected chi connectivity index (χ3v) is 3.11. The molecular formula is C17H26N2. The summed E-state index contributed by atoms with van der Waals surface area (Å²) in [5.74, 6) is 0. The molecule has 0 aliphatic heterocycles. The molecule has 0 amide bonds. The smallest absolute Gasteiger partial charge is 0.0937 e. The lowest BCUT2D eigenvalue weighted by molar-refractivity contribution is 0.570. The van der Waals surface area contributed by atoms with Crippen LogP contribution in [-0.2, 0) is 11.8 Å². The third kappa shape index (κ3) is 3.25. The minimum atomic E-state index is 0.0559. The van der Waals surface area contributed by atoms with Gasteiger partial charge in [-0.1, -0.05) is 53.7 Å². The van der Waals surface area contributed by atoms with Crippen LogP contribution in [0.15, 0.2) is 24.3 Å². The number of anilines is 1. The van der Waals surface area contributed by atoms with Crippen molar-refractivity contribution in [3.63, 3.8) is 0 Å². The number of hydrogen-bond donors (Lipinski definition) is 1. The number of pyridine rings is 1. The van der Waals surface area contributed by atoms with Gasteiger partial charge in [-0.15, -0.1) is 0 Å². The molecule has 0 aliphatic carbocycles. The van der Waals surface area contributed by atoms with Crippen LogP contribution in [0, 0.1) is 0 Å². The molecule has 0 saturated carbocycles. The average Bonchev–Trinajstić information content (AvgIpc) is 2.39. The summed E-state index contributed by atoms with van der Waals surface area (Å²) < 4.78 is 0. The molecule has 0 atom stereocenters. The van der Waals surface area contributed by atoms with Crippen molar-refractivity contribution < 1.29 is 0 Å². The number of para-hydroxylation sites is 1. The van der Waals surface area contributed by atoms with Gasteiger partial charge in [0.25, 0.3) is 0 Å². The normalized spacial score (nSPS) is 11.1. The van der Waals surface area contributed by atoms with Crippen LogP contribution in [0.2, 0.25) is 0 Å². The summed E-state index contributed by atoms with van der Waals surface area (Å²) in [5, 5.41) is 1.18. The van der Waals surface area contributed by atoms with Crippen LogP contribution in [0.25, 0.3) is 10.9 Å². The number of fused-ring (bicyclic) bond motifs is 1. The van der Waals surface area contributed by atoms with Crippen molar-refractivity contribution in [1.29, 1.82) is 0 Å². The van der Waals surface area contributed by atoms with Gasteiger partial charge in [-0.05, 0) is 24.1 Å². The summed E-state index contributed by atoms with van der Waals surface area (Å²) in [6.07, 6.45) is 1.01. The van der Waals surface area contributed by atoms with E-state index in [0.717, 1.165) is 23.3 Å². The van der Waals surface area contributed by atoms with E-state index in [1.54, 1.807) is 0 Å². The molecule has 104 valence electrons. The maximum atomic E-state index is 6.03. The van der Waals surface area contributed by atoms with E-state index in [9.17, 15) is 0 Å². The molecule has 2 heteroatoms. The Morgan fingerprint density at radius 2 is 1.79 bits per heavy atom. The fraction of sp³-hybridized carbons (Fsp3) is 0.471. The first-order valence-electron chi connectivity index (χ1n) is 7.12. The van der Waals surface area contributed by atoms with Crippen molar-refractivity contribution in [2.45, 2.75) is 53.4 Å². The topological polar surface area (TPSA) is 38.9 Å². The minimum Gasteiger partial charge on any atom is -0.397 e. The van der Waals surface area contributed by atoms with Crippen molar-refractivity contribution in [3.05, 3.63) is 35.5 Å². The number of benzene rings is 1. The standard InChI is InChI=1S/C15H20N2.C2H6/c1-5-10-9-13(15(2,3)4)17-14-11(10)7-6-8-12(14)16;1-2/h6-9H,5,16H2,1-4H3;1-2H3. The Hall–Kier alpha value is -1.57. The Labute approximate surface area is 117 Å². The molecule has 0 bridgehead atoms. The van der Waals surface area contributed by atoms with Crippen LogP contribution in [0.1, 0.15) is 52.8 Å². The van der Waals surface area contributed by atoms with Crippen LogP contribution in [0.4, 0.5) is 5.69 Å². The summed E-state index contributed by atoms with van der Waals surface area (Å²) >= 11 is 0. The zero-order valence-corrected chi connectivity index (χ0v) is 13.0. The average molecular weight is 258 g/mol. The zero-order valence-electron chi connectivity index (χ0n) is 13.0. The minimum absolute atomic E-state index is 0.0559.